The Bertz CT molecular complexity index is 651. The highest BCUT2D eigenvalue weighted by Gasteiger charge is 2.31. The fourth-order valence-electron chi connectivity index (χ4n) is 2.52. The van der Waals surface area contributed by atoms with E-state index >= 15 is 0 Å². The number of rotatable bonds is 4. The fourth-order valence-corrected chi connectivity index (χ4v) is 4.28. The molecule has 9 heteroatoms. The molecule has 1 unspecified atom stereocenters. The van der Waals surface area contributed by atoms with Crippen LogP contribution in [0.4, 0.5) is 5.69 Å². The van der Waals surface area contributed by atoms with Gasteiger partial charge < -0.3 is 5.32 Å². The number of halogens is 1. The van der Waals surface area contributed by atoms with Crippen molar-refractivity contribution in [3.8, 4) is 0 Å². The van der Waals surface area contributed by atoms with Crippen LogP contribution < -0.4 is 5.32 Å². The molecule has 0 aliphatic carbocycles. The predicted octanol–water partition coefficient (Wildman–Crippen LogP) is 1.70. The Hall–Kier alpha value is -1.22. The van der Waals surface area contributed by atoms with Gasteiger partial charge in [-0.2, -0.15) is 4.31 Å². The maximum absolute atomic E-state index is 12.7. The molecule has 0 saturated carbocycles. The summed E-state index contributed by atoms with van der Waals surface area (Å²) in [5, 5.41) is 13.9. The predicted molar refractivity (Wildman–Crippen MR) is 85.9 cm³/mol. The van der Waals surface area contributed by atoms with Gasteiger partial charge >= 0.3 is 0 Å². The molecule has 2 rings (SSSR count). The number of nitrogens with zero attached hydrogens (tertiary/aromatic N) is 2. The van der Waals surface area contributed by atoms with E-state index in [-0.39, 0.29) is 29.0 Å². The minimum absolute atomic E-state index is 0. The summed E-state index contributed by atoms with van der Waals surface area (Å²) in [7, 11) is -1.90. The first kappa shape index (κ1) is 18.8. The summed E-state index contributed by atoms with van der Waals surface area (Å²) >= 11 is 0. The molecule has 1 aliphatic heterocycles. The van der Waals surface area contributed by atoms with Crippen molar-refractivity contribution in [1.29, 1.82) is 0 Å². The lowest BCUT2D eigenvalue weighted by Crippen LogP contribution is -2.46. The molecule has 0 aromatic heterocycles. The van der Waals surface area contributed by atoms with E-state index in [2.05, 4.69) is 5.32 Å². The molecule has 1 saturated heterocycles. The third-order valence-corrected chi connectivity index (χ3v) is 5.80. The number of nitrogens with one attached hydrogen (secondary N) is 1. The molecule has 1 aliphatic rings. The SMILES string of the molecule is CNC1CCCN(S(=O)(=O)c2cc([N+](=O)[O-])ccc2C)C1.Cl. The lowest BCUT2D eigenvalue weighted by molar-refractivity contribution is -0.385. The largest absolute Gasteiger partial charge is 0.316 e. The number of aryl methyl sites for hydroxylation is 1. The smallest absolute Gasteiger partial charge is 0.270 e. The van der Waals surface area contributed by atoms with Crippen molar-refractivity contribution in [2.24, 2.45) is 0 Å². The lowest BCUT2D eigenvalue weighted by atomic mass is 10.1. The van der Waals surface area contributed by atoms with Gasteiger partial charge in [-0.1, -0.05) is 6.07 Å². The molecule has 124 valence electrons. The number of nitro groups is 1. The number of piperidine rings is 1. The van der Waals surface area contributed by atoms with Gasteiger partial charge in [-0.05, 0) is 32.4 Å². The number of nitro benzene ring substituents is 1. The summed E-state index contributed by atoms with van der Waals surface area (Å²) in [5.41, 5.74) is 0.313. The van der Waals surface area contributed by atoms with E-state index in [1.165, 1.54) is 16.4 Å². The van der Waals surface area contributed by atoms with Crippen LogP contribution in [0.15, 0.2) is 23.1 Å². The number of non-ortho nitro benzene ring substituents is 1. The van der Waals surface area contributed by atoms with E-state index < -0.39 is 14.9 Å². The lowest BCUT2D eigenvalue weighted by Gasteiger charge is -2.32. The molecule has 1 fully saturated rings. The summed E-state index contributed by atoms with van der Waals surface area (Å²) in [4.78, 5) is 10.3. The molecule has 7 nitrogen and oxygen atoms in total. The molecular weight excluding hydrogens is 330 g/mol. The molecule has 1 aromatic carbocycles. The molecule has 0 bridgehead atoms. The third-order valence-electron chi connectivity index (χ3n) is 3.79. The van der Waals surface area contributed by atoms with Crippen LogP contribution in [-0.4, -0.2) is 43.8 Å². The molecule has 1 N–H and O–H groups in total. The Kier molecular flexibility index (Phi) is 6.30. The van der Waals surface area contributed by atoms with Crippen molar-refractivity contribution in [2.75, 3.05) is 20.1 Å². The molecule has 0 amide bonds. The average Bonchev–Trinajstić information content (AvgIpc) is 2.47. The Balaban J connectivity index is 0.00000242. The quantitative estimate of drug-likeness (QED) is 0.659. The summed E-state index contributed by atoms with van der Waals surface area (Å²) < 4.78 is 26.8. The molecular formula is C13H20ClN3O4S. The van der Waals surface area contributed by atoms with Crippen LogP contribution in [0.25, 0.3) is 0 Å². The van der Waals surface area contributed by atoms with E-state index in [4.69, 9.17) is 0 Å². The van der Waals surface area contributed by atoms with Crippen molar-refractivity contribution in [1.82, 2.24) is 9.62 Å². The highest BCUT2D eigenvalue weighted by Crippen LogP contribution is 2.26. The molecule has 22 heavy (non-hydrogen) atoms. The monoisotopic (exact) mass is 349 g/mol. The van der Waals surface area contributed by atoms with E-state index in [9.17, 15) is 18.5 Å². The van der Waals surface area contributed by atoms with Gasteiger partial charge in [0, 0.05) is 31.3 Å². The fraction of sp³-hybridized carbons (Fsp3) is 0.538. The van der Waals surface area contributed by atoms with E-state index in [1.54, 1.807) is 14.0 Å². The summed E-state index contributed by atoms with van der Waals surface area (Å²) in [6.07, 6.45) is 1.70. The van der Waals surface area contributed by atoms with Gasteiger partial charge in [-0.15, -0.1) is 12.4 Å². The molecule has 1 atom stereocenters. The van der Waals surface area contributed by atoms with Crippen LogP contribution in [0.1, 0.15) is 18.4 Å². The van der Waals surface area contributed by atoms with Crippen molar-refractivity contribution < 1.29 is 13.3 Å². The highest BCUT2D eigenvalue weighted by atomic mass is 35.5. The van der Waals surface area contributed by atoms with Crippen LogP contribution in [0.3, 0.4) is 0 Å². The second-order valence-electron chi connectivity index (χ2n) is 5.20. The highest BCUT2D eigenvalue weighted by molar-refractivity contribution is 7.89. The molecule has 0 radical (unpaired) electrons. The van der Waals surface area contributed by atoms with Crippen molar-refractivity contribution in [3.63, 3.8) is 0 Å². The normalized spacial score (nSPS) is 19.5. The number of hydrogen-bond donors (Lipinski definition) is 1. The van der Waals surface area contributed by atoms with Gasteiger partial charge in [0.05, 0.1) is 9.82 Å². The zero-order valence-corrected chi connectivity index (χ0v) is 14.1. The Morgan fingerprint density at radius 2 is 2.09 bits per heavy atom. The van der Waals surface area contributed by atoms with Crippen LogP contribution >= 0.6 is 12.4 Å². The van der Waals surface area contributed by atoms with E-state index in [1.807, 2.05) is 0 Å². The Labute approximate surface area is 136 Å². The standard InChI is InChI=1S/C13H19N3O4S.ClH/c1-10-5-6-12(16(17)18)8-13(10)21(19,20)15-7-3-4-11(9-15)14-2;/h5-6,8,11,14H,3-4,7,9H2,1-2H3;1H. The minimum atomic E-state index is -3.70. The second kappa shape index (κ2) is 7.36. The second-order valence-corrected chi connectivity index (χ2v) is 7.10. The van der Waals surface area contributed by atoms with Gasteiger partial charge in [0.15, 0.2) is 0 Å². The van der Waals surface area contributed by atoms with Gasteiger partial charge in [-0.3, -0.25) is 10.1 Å². The van der Waals surface area contributed by atoms with Gasteiger partial charge in [-0.25, -0.2) is 8.42 Å². The molecule has 1 aromatic rings. The van der Waals surface area contributed by atoms with Crippen molar-refractivity contribution >= 4 is 28.1 Å². The molecule has 0 spiro atoms. The zero-order valence-electron chi connectivity index (χ0n) is 12.5. The number of likely N-dealkylation sites (N-methyl/N-ethyl adjacent to an activating group) is 1. The zero-order chi connectivity index (χ0) is 15.6. The summed E-state index contributed by atoms with van der Waals surface area (Å²) in [6.45, 7) is 2.49. The Morgan fingerprint density at radius 3 is 2.68 bits per heavy atom. The van der Waals surface area contributed by atoms with Gasteiger partial charge in [0.1, 0.15) is 0 Å². The third kappa shape index (κ3) is 3.75. The van der Waals surface area contributed by atoms with Crippen LogP contribution in [0.5, 0.6) is 0 Å². The first-order valence-electron chi connectivity index (χ1n) is 6.78. The van der Waals surface area contributed by atoms with E-state index in [0.29, 0.717) is 18.7 Å². The van der Waals surface area contributed by atoms with Gasteiger partial charge in [0.25, 0.3) is 5.69 Å². The van der Waals surface area contributed by atoms with E-state index in [0.717, 1.165) is 18.9 Å². The van der Waals surface area contributed by atoms with Crippen LogP contribution in [0, 0.1) is 17.0 Å². The number of hydrogen-bond acceptors (Lipinski definition) is 5. The van der Waals surface area contributed by atoms with Gasteiger partial charge in [0.2, 0.25) is 10.0 Å². The average molecular weight is 350 g/mol. The first-order valence-corrected chi connectivity index (χ1v) is 8.22. The van der Waals surface area contributed by atoms with Crippen molar-refractivity contribution in [3.05, 3.63) is 33.9 Å². The number of benzene rings is 1. The van der Waals surface area contributed by atoms with Crippen molar-refractivity contribution in [2.45, 2.75) is 30.7 Å². The summed E-state index contributed by atoms with van der Waals surface area (Å²) in [5.74, 6) is 0. The molecule has 1 heterocycles. The summed E-state index contributed by atoms with van der Waals surface area (Å²) in [6, 6.07) is 4.06. The minimum Gasteiger partial charge on any atom is -0.316 e. The number of sulfonamides is 1. The maximum Gasteiger partial charge on any atom is 0.270 e. The topological polar surface area (TPSA) is 92.6 Å². The van der Waals surface area contributed by atoms with Crippen LogP contribution in [0.2, 0.25) is 0 Å². The van der Waals surface area contributed by atoms with Crippen LogP contribution in [-0.2, 0) is 10.0 Å². The maximum atomic E-state index is 12.7. The first-order chi connectivity index (χ1) is 9.86. The Morgan fingerprint density at radius 1 is 1.41 bits per heavy atom.